The Hall–Kier alpha value is -0.420. The molecular weight excluding hydrogens is 118 g/mol. The maximum Gasteiger partial charge on any atom is 0.0952 e. The molecule has 2 heteroatoms. The fraction of sp³-hybridized carbons (Fsp3) is 0.500. The third-order valence-corrected chi connectivity index (χ3v) is 2.09. The molecular formula is C6H7NS. The van der Waals surface area contributed by atoms with E-state index in [2.05, 4.69) is 6.07 Å². The summed E-state index contributed by atoms with van der Waals surface area (Å²) >= 11 is 1.84. The first-order valence-corrected chi connectivity index (χ1v) is 3.76. The summed E-state index contributed by atoms with van der Waals surface area (Å²) in [6.45, 7) is 0. The predicted octanol–water partition coefficient (Wildman–Crippen LogP) is 1.57. The van der Waals surface area contributed by atoms with Crippen molar-refractivity contribution in [2.75, 3.05) is 11.5 Å². The lowest BCUT2D eigenvalue weighted by molar-refractivity contribution is 1.19. The molecule has 0 aromatic rings. The van der Waals surface area contributed by atoms with E-state index in [-0.39, 0.29) is 0 Å². The second-order valence-electron chi connectivity index (χ2n) is 1.68. The van der Waals surface area contributed by atoms with Gasteiger partial charge < -0.3 is 0 Å². The molecule has 0 bridgehead atoms. The fourth-order valence-electron chi connectivity index (χ4n) is 0.635. The highest BCUT2D eigenvalue weighted by Gasteiger charge is 1.99. The highest BCUT2D eigenvalue weighted by atomic mass is 32.2. The van der Waals surface area contributed by atoms with Crippen molar-refractivity contribution in [3.05, 3.63) is 11.6 Å². The number of rotatable bonds is 0. The maximum atomic E-state index is 8.36. The van der Waals surface area contributed by atoms with E-state index in [9.17, 15) is 0 Å². The number of allylic oxidation sites excluding steroid dienone is 1. The number of hydrogen-bond donors (Lipinski definition) is 0. The van der Waals surface area contributed by atoms with Crippen molar-refractivity contribution in [3.8, 4) is 6.07 Å². The predicted molar refractivity (Wildman–Crippen MR) is 35.6 cm³/mol. The van der Waals surface area contributed by atoms with Gasteiger partial charge in [-0.1, -0.05) is 6.08 Å². The van der Waals surface area contributed by atoms with Gasteiger partial charge in [0.1, 0.15) is 0 Å². The molecule has 42 valence electrons. The van der Waals surface area contributed by atoms with Crippen LogP contribution < -0.4 is 0 Å². The summed E-state index contributed by atoms with van der Waals surface area (Å²) in [6.07, 6.45) is 3.10. The Balaban J connectivity index is 2.53. The van der Waals surface area contributed by atoms with Gasteiger partial charge in [0.15, 0.2) is 0 Å². The molecule has 0 unspecified atom stereocenters. The molecule has 0 aromatic heterocycles. The van der Waals surface area contributed by atoms with Crippen molar-refractivity contribution >= 4 is 11.8 Å². The van der Waals surface area contributed by atoms with E-state index >= 15 is 0 Å². The van der Waals surface area contributed by atoms with Gasteiger partial charge in [-0.2, -0.15) is 17.0 Å². The van der Waals surface area contributed by atoms with E-state index in [1.807, 2.05) is 17.8 Å². The molecule has 0 saturated carbocycles. The second-order valence-corrected chi connectivity index (χ2v) is 2.79. The SMILES string of the molecule is N#CC1=CCCSC1. The van der Waals surface area contributed by atoms with E-state index in [4.69, 9.17) is 5.26 Å². The van der Waals surface area contributed by atoms with Crippen LogP contribution in [0, 0.1) is 11.3 Å². The van der Waals surface area contributed by atoms with Gasteiger partial charge in [-0.3, -0.25) is 0 Å². The van der Waals surface area contributed by atoms with Crippen molar-refractivity contribution in [3.63, 3.8) is 0 Å². The molecule has 0 amide bonds. The molecule has 0 saturated heterocycles. The van der Waals surface area contributed by atoms with Crippen molar-refractivity contribution in [1.82, 2.24) is 0 Å². The number of thioether (sulfide) groups is 1. The zero-order valence-electron chi connectivity index (χ0n) is 4.55. The zero-order valence-corrected chi connectivity index (χ0v) is 5.37. The summed E-state index contributed by atoms with van der Waals surface area (Å²) in [5.74, 6) is 2.11. The highest BCUT2D eigenvalue weighted by molar-refractivity contribution is 7.99. The Morgan fingerprint density at radius 2 is 2.62 bits per heavy atom. The quantitative estimate of drug-likeness (QED) is 0.490. The van der Waals surface area contributed by atoms with Crippen LogP contribution in [0.25, 0.3) is 0 Å². The molecule has 0 aromatic carbocycles. The molecule has 1 rings (SSSR count). The van der Waals surface area contributed by atoms with Gasteiger partial charge in [0.05, 0.1) is 6.07 Å². The summed E-state index contributed by atoms with van der Waals surface area (Å²) in [5, 5.41) is 8.36. The van der Waals surface area contributed by atoms with Gasteiger partial charge in [0.2, 0.25) is 0 Å². The van der Waals surface area contributed by atoms with Crippen LogP contribution in [0.4, 0.5) is 0 Å². The molecule has 0 radical (unpaired) electrons. The van der Waals surface area contributed by atoms with Crippen molar-refractivity contribution in [2.24, 2.45) is 0 Å². The smallest absolute Gasteiger partial charge is 0.0952 e. The monoisotopic (exact) mass is 125 g/mol. The summed E-state index contributed by atoms with van der Waals surface area (Å²) in [4.78, 5) is 0. The molecule has 0 N–H and O–H groups in total. The third-order valence-electron chi connectivity index (χ3n) is 1.05. The van der Waals surface area contributed by atoms with Crippen LogP contribution in [0.2, 0.25) is 0 Å². The maximum absolute atomic E-state index is 8.36. The van der Waals surface area contributed by atoms with Crippen molar-refractivity contribution in [2.45, 2.75) is 6.42 Å². The zero-order chi connectivity index (χ0) is 5.82. The topological polar surface area (TPSA) is 23.8 Å². The largest absolute Gasteiger partial charge is 0.193 e. The molecule has 0 aliphatic carbocycles. The fourth-order valence-corrected chi connectivity index (χ4v) is 1.47. The molecule has 0 spiro atoms. The van der Waals surface area contributed by atoms with E-state index in [1.54, 1.807) is 0 Å². The van der Waals surface area contributed by atoms with Crippen LogP contribution in [-0.2, 0) is 0 Å². The lowest BCUT2D eigenvalue weighted by atomic mass is 10.3. The van der Waals surface area contributed by atoms with Gasteiger partial charge >= 0.3 is 0 Å². The summed E-state index contributed by atoms with van der Waals surface area (Å²) in [5.41, 5.74) is 0.946. The molecule has 8 heavy (non-hydrogen) atoms. The Morgan fingerprint density at radius 1 is 1.75 bits per heavy atom. The first-order valence-electron chi connectivity index (χ1n) is 2.60. The molecule has 0 fully saturated rings. The van der Waals surface area contributed by atoms with Gasteiger partial charge in [-0.25, -0.2) is 0 Å². The van der Waals surface area contributed by atoms with Gasteiger partial charge in [-0.05, 0) is 12.2 Å². The lowest BCUT2D eigenvalue weighted by Gasteiger charge is -2.03. The number of nitrogens with zero attached hydrogens (tertiary/aromatic N) is 1. The molecule has 0 atom stereocenters. The Kier molecular flexibility index (Phi) is 1.99. The minimum Gasteiger partial charge on any atom is -0.193 e. The van der Waals surface area contributed by atoms with Crippen LogP contribution in [0.15, 0.2) is 11.6 Å². The standard InChI is InChI=1S/C6H7NS/c7-4-6-2-1-3-8-5-6/h2H,1,3,5H2. The van der Waals surface area contributed by atoms with E-state index in [1.165, 1.54) is 5.75 Å². The van der Waals surface area contributed by atoms with Gasteiger partial charge in [0.25, 0.3) is 0 Å². The lowest BCUT2D eigenvalue weighted by Crippen LogP contribution is -1.92. The van der Waals surface area contributed by atoms with E-state index in [0.29, 0.717) is 0 Å². The minimum atomic E-state index is 0.927. The van der Waals surface area contributed by atoms with E-state index < -0.39 is 0 Å². The minimum absolute atomic E-state index is 0.927. The molecule has 1 heterocycles. The Labute approximate surface area is 53.4 Å². The van der Waals surface area contributed by atoms with Gasteiger partial charge in [0, 0.05) is 11.3 Å². The number of nitriles is 1. The van der Waals surface area contributed by atoms with Crippen LogP contribution in [0.3, 0.4) is 0 Å². The molecule has 1 nitrogen and oxygen atoms in total. The van der Waals surface area contributed by atoms with E-state index in [0.717, 1.165) is 17.7 Å². The highest BCUT2D eigenvalue weighted by Crippen LogP contribution is 2.15. The normalized spacial score (nSPS) is 19.1. The second kappa shape index (κ2) is 2.78. The summed E-state index contributed by atoms with van der Waals surface area (Å²) in [6, 6.07) is 2.14. The summed E-state index contributed by atoms with van der Waals surface area (Å²) < 4.78 is 0. The van der Waals surface area contributed by atoms with Crippen molar-refractivity contribution in [1.29, 1.82) is 5.26 Å². The first-order chi connectivity index (χ1) is 3.93. The van der Waals surface area contributed by atoms with Crippen molar-refractivity contribution < 1.29 is 0 Å². The Bertz CT molecular complexity index is 143. The first kappa shape index (κ1) is 5.71. The van der Waals surface area contributed by atoms with Crippen LogP contribution >= 0.6 is 11.8 Å². The molecule has 1 aliphatic heterocycles. The average Bonchev–Trinajstić information content (AvgIpc) is 1.90. The van der Waals surface area contributed by atoms with Crippen LogP contribution in [-0.4, -0.2) is 11.5 Å². The average molecular weight is 125 g/mol. The third kappa shape index (κ3) is 1.28. The summed E-state index contributed by atoms with van der Waals surface area (Å²) in [7, 11) is 0. The number of hydrogen-bond acceptors (Lipinski definition) is 2. The van der Waals surface area contributed by atoms with Crippen LogP contribution in [0.5, 0.6) is 0 Å². The Morgan fingerprint density at radius 3 is 3.00 bits per heavy atom. The van der Waals surface area contributed by atoms with Crippen LogP contribution in [0.1, 0.15) is 6.42 Å². The van der Waals surface area contributed by atoms with Gasteiger partial charge in [-0.15, -0.1) is 0 Å². The molecule has 1 aliphatic rings.